The summed E-state index contributed by atoms with van der Waals surface area (Å²) in [5, 5.41) is 33.0. The lowest BCUT2D eigenvalue weighted by molar-refractivity contribution is -0.385. The van der Waals surface area contributed by atoms with E-state index in [1.807, 2.05) is 0 Å². The van der Waals surface area contributed by atoms with Gasteiger partial charge in [-0.2, -0.15) is 5.26 Å². The minimum atomic E-state index is -1.27. The Hall–Kier alpha value is -2.53. The van der Waals surface area contributed by atoms with Crippen LogP contribution < -0.4 is 0 Å². The van der Waals surface area contributed by atoms with Gasteiger partial charge in [-0.05, 0) is 12.1 Å². The van der Waals surface area contributed by atoms with Crippen LogP contribution in [0.1, 0.15) is 15.9 Å². The molecule has 0 amide bonds. The van der Waals surface area contributed by atoms with Crippen molar-refractivity contribution in [2.75, 3.05) is 0 Å². The summed E-state index contributed by atoms with van der Waals surface area (Å²) in [5.74, 6) is -1.27. The Morgan fingerprint density at radius 1 is 1.50 bits per heavy atom. The van der Waals surface area contributed by atoms with Crippen molar-refractivity contribution in [3.63, 3.8) is 0 Å². The van der Waals surface area contributed by atoms with Gasteiger partial charge in [0.05, 0.1) is 10.5 Å². The first-order valence-electron chi connectivity index (χ1n) is 3.65. The van der Waals surface area contributed by atoms with E-state index in [4.69, 9.17) is 20.2 Å². The number of aromatic carboxylic acids is 1. The van der Waals surface area contributed by atoms with Crippen LogP contribution in [0.15, 0.2) is 18.2 Å². The average Bonchev–Trinajstić information content (AvgIpc) is 2.30. The first-order chi connectivity index (χ1) is 7.56. The molecule has 16 heavy (non-hydrogen) atoms. The summed E-state index contributed by atoms with van der Waals surface area (Å²) < 4.78 is 8.50. The summed E-state index contributed by atoms with van der Waals surface area (Å²) in [5.41, 5.74) is -0.858. The summed E-state index contributed by atoms with van der Waals surface area (Å²) in [6, 6.07) is 4.73. The molecule has 1 aromatic rings. The summed E-state index contributed by atoms with van der Waals surface area (Å²) in [4.78, 5) is 20.1. The van der Waals surface area contributed by atoms with Crippen molar-refractivity contribution in [1.29, 1.82) is 5.26 Å². The number of nitro groups is 1. The molecule has 0 saturated heterocycles. The van der Waals surface area contributed by atoms with Crippen LogP contribution in [0.2, 0.25) is 0 Å². The third-order valence-electron chi connectivity index (χ3n) is 1.56. The molecule has 0 heterocycles. The molecule has 0 bridgehead atoms. The second-order valence-corrected chi connectivity index (χ2v) is 2.41. The summed E-state index contributed by atoms with van der Waals surface area (Å²) in [6.07, 6.45) is 0. The van der Waals surface area contributed by atoms with Gasteiger partial charge in [0.1, 0.15) is 11.6 Å². The number of rotatable bonds is 2. The molecular weight excluding hydrogens is 223 g/mol. The Morgan fingerprint density at radius 2 is 2.06 bits per heavy atom. The number of carboxylic acids is 1. The largest absolute Gasteiger partial charge is 0.478 e. The predicted molar refractivity (Wildman–Crippen MR) is 48.1 cm³/mol. The summed E-state index contributed by atoms with van der Waals surface area (Å²) >= 11 is 0. The van der Waals surface area contributed by atoms with Gasteiger partial charge in [-0.25, -0.2) is 10.1 Å². The fraction of sp³-hybridized carbons (Fsp3) is 0. The minimum absolute atomic E-state index is 0.153. The minimum Gasteiger partial charge on any atom is -0.478 e. The van der Waals surface area contributed by atoms with Crippen LogP contribution in [0.3, 0.4) is 0 Å². The van der Waals surface area contributed by atoms with E-state index in [2.05, 4.69) is 0 Å². The normalized spacial score (nSPS) is 8.31. The second kappa shape index (κ2) is 6.05. The van der Waals surface area contributed by atoms with Crippen molar-refractivity contribution in [2.24, 2.45) is 0 Å². The van der Waals surface area contributed by atoms with Crippen LogP contribution in [0.4, 0.5) is 10.2 Å². The molecule has 0 radical (unpaired) electrons. The first kappa shape index (κ1) is 13.5. The van der Waals surface area contributed by atoms with E-state index in [1.165, 1.54) is 0 Å². The van der Waals surface area contributed by atoms with Gasteiger partial charge in [-0.1, -0.05) is 4.53 Å². The molecule has 0 spiro atoms. The number of hydrogen-bond acceptors (Lipinski definition) is 5. The van der Waals surface area contributed by atoms with E-state index in [9.17, 15) is 14.9 Å². The van der Waals surface area contributed by atoms with E-state index >= 15 is 0 Å². The Bertz CT molecular complexity index is 454. The monoisotopic (exact) mass is 228 g/mol. The molecule has 0 aliphatic heterocycles. The van der Waals surface area contributed by atoms with Crippen molar-refractivity contribution < 1.29 is 24.7 Å². The third kappa shape index (κ3) is 3.00. The molecule has 7 nitrogen and oxygen atoms in total. The van der Waals surface area contributed by atoms with Crippen LogP contribution in [0, 0.1) is 21.4 Å². The highest BCUT2D eigenvalue weighted by Crippen LogP contribution is 2.19. The van der Waals surface area contributed by atoms with Gasteiger partial charge in [0, 0.05) is 6.07 Å². The van der Waals surface area contributed by atoms with Crippen molar-refractivity contribution in [3.8, 4) is 6.07 Å². The van der Waals surface area contributed by atoms with Crippen molar-refractivity contribution >= 4 is 11.7 Å². The van der Waals surface area contributed by atoms with E-state index < -0.39 is 16.6 Å². The van der Waals surface area contributed by atoms with Crippen LogP contribution in [0.25, 0.3) is 0 Å². The molecular formula is C8H5FN2O5. The Labute approximate surface area is 88.0 Å². The molecule has 1 rings (SSSR count). The zero-order valence-electron chi connectivity index (χ0n) is 7.62. The maximum absolute atomic E-state index is 10.5. The van der Waals surface area contributed by atoms with Crippen LogP contribution in [-0.2, 0) is 0 Å². The summed E-state index contributed by atoms with van der Waals surface area (Å²) in [6.45, 7) is 0. The van der Waals surface area contributed by atoms with Gasteiger partial charge < -0.3 is 5.11 Å². The maximum atomic E-state index is 10.5. The van der Waals surface area contributed by atoms with Crippen molar-refractivity contribution in [2.45, 2.75) is 0 Å². The standard InChI is InChI=1S/C8H4N2O4.FHO/c9-4-6-2-1-5(8(11)12)3-7(6)10(13)14;1-2/h1-3H,(H,11,12);2H. The number of benzene rings is 1. The lowest BCUT2D eigenvalue weighted by atomic mass is 10.1. The topological polar surface area (TPSA) is 124 Å². The van der Waals surface area contributed by atoms with E-state index in [0.29, 0.717) is 0 Å². The lowest BCUT2D eigenvalue weighted by Crippen LogP contribution is -1.99. The SMILES string of the molecule is N#Cc1ccc(C(=O)O)cc1[N+](=O)[O-].OF. The average molecular weight is 228 g/mol. The molecule has 0 unspecified atom stereocenters. The van der Waals surface area contributed by atoms with E-state index in [1.54, 1.807) is 6.07 Å². The van der Waals surface area contributed by atoms with E-state index in [0.717, 1.165) is 18.2 Å². The van der Waals surface area contributed by atoms with Gasteiger partial charge in [0.2, 0.25) is 0 Å². The molecule has 84 valence electrons. The third-order valence-corrected chi connectivity index (χ3v) is 1.56. The molecule has 2 N–H and O–H groups in total. The highest BCUT2D eigenvalue weighted by atomic mass is 19.3. The van der Waals surface area contributed by atoms with Gasteiger partial charge in [-0.3, -0.25) is 10.1 Å². The first-order valence-corrected chi connectivity index (χ1v) is 3.65. The molecule has 0 aliphatic carbocycles. The Morgan fingerprint density at radius 3 is 2.44 bits per heavy atom. The van der Waals surface area contributed by atoms with Gasteiger partial charge in [0.25, 0.3) is 5.69 Å². The van der Waals surface area contributed by atoms with Crippen LogP contribution in [-0.4, -0.2) is 21.3 Å². The predicted octanol–water partition coefficient (Wildman–Crippen LogP) is 1.03. The number of nitriles is 1. The molecule has 1 aromatic carbocycles. The summed E-state index contributed by atoms with van der Waals surface area (Å²) in [7, 11) is 0. The zero-order valence-corrected chi connectivity index (χ0v) is 7.62. The number of halogens is 1. The fourth-order valence-corrected chi connectivity index (χ4v) is 0.910. The van der Waals surface area contributed by atoms with Crippen molar-refractivity contribution in [1.82, 2.24) is 0 Å². The van der Waals surface area contributed by atoms with Crippen LogP contribution in [0.5, 0.6) is 0 Å². The zero-order chi connectivity index (χ0) is 12.7. The molecule has 0 saturated carbocycles. The number of hydrogen-bond donors (Lipinski definition) is 2. The van der Waals surface area contributed by atoms with E-state index in [-0.39, 0.29) is 11.1 Å². The van der Waals surface area contributed by atoms with Crippen LogP contribution >= 0.6 is 0 Å². The number of nitro benzene ring substituents is 1. The highest BCUT2D eigenvalue weighted by Gasteiger charge is 2.16. The highest BCUT2D eigenvalue weighted by molar-refractivity contribution is 5.88. The van der Waals surface area contributed by atoms with Crippen molar-refractivity contribution in [3.05, 3.63) is 39.4 Å². The fourth-order valence-electron chi connectivity index (χ4n) is 0.910. The van der Waals surface area contributed by atoms with Gasteiger partial charge in [-0.15, -0.1) is 0 Å². The Kier molecular flexibility index (Phi) is 5.09. The molecule has 0 fully saturated rings. The van der Waals surface area contributed by atoms with Gasteiger partial charge in [0.15, 0.2) is 0 Å². The lowest BCUT2D eigenvalue weighted by Gasteiger charge is -1.96. The molecule has 0 atom stereocenters. The van der Waals surface area contributed by atoms with Gasteiger partial charge >= 0.3 is 5.97 Å². The molecule has 0 aromatic heterocycles. The number of carboxylic acid groups (broad SMARTS) is 1. The molecule has 8 heteroatoms. The second-order valence-electron chi connectivity index (χ2n) is 2.41. The Balaban J connectivity index is 0.00000106. The quantitative estimate of drug-likeness (QED) is 0.575. The smallest absolute Gasteiger partial charge is 0.335 e. The maximum Gasteiger partial charge on any atom is 0.335 e. The number of carbonyl (C=O) groups is 1. The molecule has 0 aliphatic rings. The number of nitrogens with zero attached hydrogens (tertiary/aromatic N) is 2.